The predicted octanol–water partition coefficient (Wildman–Crippen LogP) is 4.73. The van der Waals surface area contributed by atoms with Gasteiger partial charge in [0.1, 0.15) is 17.8 Å². The van der Waals surface area contributed by atoms with Gasteiger partial charge in [0.2, 0.25) is 11.8 Å². The number of fused-ring (bicyclic) bond motifs is 1. The minimum atomic E-state index is -4.51. The van der Waals surface area contributed by atoms with E-state index in [1.54, 1.807) is 35.1 Å². The van der Waals surface area contributed by atoms with Crippen LogP contribution in [-0.4, -0.2) is 45.8 Å². The van der Waals surface area contributed by atoms with Crippen LogP contribution in [0.1, 0.15) is 86.5 Å². The summed E-state index contributed by atoms with van der Waals surface area (Å²) < 4.78 is 40.4. The van der Waals surface area contributed by atoms with Gasteiger partial charge in [-0.25, -0.2) is 0 Å². The number of alkyl halides is 3. The molecule has 0 aliphatic heterocycles. The molecule has 0 saturated heterocycles. The number of hydrogen-bond acceptors (Lipinski definition) is 4. The van der Waals surface area contributed by atoms with Crippen LogP contribution in [0.15, 0.2) is 30.5 Å². The van der Waals surface area contributed by atoms with E-state index < -0.39 is 30.1 Å². The average Bonchev–Trinajstić information content (AvgIpc) is 3.81. The fourth-order valence-corrected chi connectivity index (χ4v) is 5.93. The molecule has 3 N–H and O–H groups in total. The number of carbonyl (C=O) groups excluding carboxylic acids is 3. The Bertz CT molecular complexity index is 1270. The van der Waals surface area contributed by atoms with Crippen molar-refractivity contribution in [3.05, 3.63) is 47.3 Å². The molecule has 1 unspecified atom stereocenters. The number of nitrogens with zero attached hydrogens (tertiary/aromatic N) is 2. The van der Waals surface area contributed by atoms with E-state index in [0.29, 0.717) is 41.6 Å². The second-order valence-corrected chi connectivity index (χ2v) is 11.7. The molecule has 3 amide bonds. The molecule has 216 valence electrons. The van der Waals surface area contributed by atoms with E-state index in [1.807, 2.05) is 13.8 Å². The molecule has 2 fully saturated rings. The Morgan fingerprint density at radius 3 is 2.25 bits per heavy atom. The van der Waals surface area contributed by atoms with Gasteiger partial charge in [-0.3, -0.25) is 19.1 Å². The standard InChI is InChI=1S/C29H36F3N5O3/c1-15(2)37-23(12-13-33-37)27(39)36-25(24(17-4-5-17)18-6-7-18)28(40)35-20-9-11-21-19(14-20)8-10-22(21)26(38)34-16(3)29(30,31)32/h9,11-18,22,24-25H,4-8,10H2,1-3H3,(H,34,38)(H,35,40)(H,36,39)/t16-,22?,25-/m0/s1. The Labute approximate surface area is 231 Å². The van der Waals surface area contributed by atoms with Gasteiger partial charge in [-0.1, -0.05) is 6.07 Å². The summed E-state index contributed by atoms with van der Waals surface area (Å²) in [6, 6.07) is 4.15. The summed E-state index contributed by atoms with van der Waals surface area (Å²) in [5.74, 6) is -1.10. The van der Waals surface area contributed by atoms with Crippen molar-refractivity contribution in [2.75, 3.05) is 5.32 Å². The Kier molecular flexibility index (Phi) is 7.67. The van der Waals surface area contributed by atoms with Crippen LogP contribution in [0.5, 0.6) is 0 Å². The highest BCUT2D eigenvalue weighted by molar-refractivity contribution is 6.01. The first-order valence-corrected chi connectivity index (χ1v) is 14.1. The lowest BCUT2D eigenvalue weighted by atomic mass is 9.88. The van der Waals surface area contributed by atoms with Crippen molar-refractivity contribution >= 4 is 23.4 Å². The molecule has 5 rings (SSSR count). The molecule has 3 aliphatic rings. The van der Waals surface area contributed by atoms with Crippen molar-refractivity contribution in [3.8, 4) is 0 Å². The van der Waals surface area contributed by atoms with Crippen molar-refractivity contribution < 1.29 is 27.6 Å². The van der Waals surface area contributed by atoms with Gasteiger partial charge in [0.15, 0.2) is 0 Å². The van der Waals surface area contributed by atoms with Crippen LogP contribution in [0.3, 0.4) is 0 Å². The highest BCUT2D eigenvalue weighted by Gasteiger charge is 2.48. The molecule has 1 heterocycles. The van der Waals surface area contributed by atoms with E-state index in [9.17, 15) is 27.6 Å². The first-order valence-electron chi connectivity index (χ1n) is 14.1. The molecule has 3 atom stereocenters. The third-order valence-corrected chi connectivity index (χ3v) is 8.33. The van der Waals surface area contributed by atoms with Crippen molar-refractivity contribution in [2.45, 2.75) is 89.5 Å². The van der Waals surface area contributed by atoms with Gasteiger partial charge in [0.05, 0.1) is 5.92 Å². The molecule has 11 heteroatoms. The summed E-state index contributed by atoms with van der Waals surface area (Å²) in [6.45, 7) is 4.79. The number of anilines is 1. The Balaban J connectivity index is 1.31. The number of nitrogens with one attached hydrogen (secondary N) is 3. The summed E-state index contributed by atoms with van der Waals surface area (Å²) in [5, 5.41) is 12.3. The average molecular weight is 560 g/mol. The van der Waals surface area contributed by atoms with E-state index in [1.165, 1.54) is 0 Å². The molecule has 2 saturated carbocycles. The molecular weight excluding hydrogens is 523 g/mol. The number of amides is 3. The summed E-state index contributed by atoms with van der Waals surface area (Å²) in [5.41, 5.74) is 2.43. The number of aryl methyl sites for hydroxylation is 1. The first-order chi connectivity index (χ1) is 18.9. The number of halogens is 3. The molecule has 40 heavy (non-hydrogen) atoms. The molecule has 8 nitrogen and oxygen atoms in total. The number of rotatable bonds is 10. The zero-order valence-electron chi connectivity index (χ0n) is 22.9. The number of hydrogen-bond donors (Lipinski definition) is 3. The summed E-state index contributed by atoms with van der Waals surface area (Å²) in [4.78, 5) is 39.6. The number of benzene rings is 1. The molecule has 0 radical (unpaired) electrons. The lowest BCUT2D eigenvalue weighted by Crippen LogP contribution is -2.50. The quantitative estimate of drug-likeness (QED) is 0.391. The zero-order valence-corrected chi connectivity index (χ0v) is 22.9. The smallest absolute Gasteiger partial charge is 0.344 e. The Hall–Kier alpha value is -3.37. The number of aromatic nitrogens is 2. The highest BCUT2D eigenvalue weighted by Crippen LogP contribution is 2.51. The monoisotopic (exact) mass is 559 g/mol. The van der Waals surface area contributed by atoms with Gasteiger partial charge in [0.25, 0.3) is 5.91 Å². The minimum absolute atomic E-state index is 0.0142. The predicted molar refractivity (Wildman–Crippen MR) is 143 cm³/mol. The second kappa shape index (κ2) is 10.9. The van der Waals surface area contributed by atoms with Crippen LogP contribution >= 0.6 is 0 Å². The maximum Gasteiger partial charge on any atom is 0.408 e. The molecule has 2 aromatic rings. The minimum Gasteiger partial charge on any atom is -0.344 e. The fraction of sp³-hybridized carbons (Fsp3) is 0.586. The summed E-state index contributed by atoms with van der Waals surface area (Å²) in [7, 11) is 0. The largest absolute Gasteiger partial charge is 0.408 e. The van der Waals surface area contributed by atoms with E-state index in [2.05, 4.69) is 21.0 Å². The Morgan fingerprint density at radius 1 is 0.975 bits per heavy atom. The van der Waals surface area contributed by atoms with Gasteiger partial charge >= 0.3 is 6.18 Å². The van der Waals surface area contributed by atoms with E-state index in [0.717, 1.165) is 38.2 Å². The van der Waals surface area contributed by atoms with E-state index in [-0.39, 0.29) is 23.8 Å². The van der Waals surface area contributed by atoms with Gasteiger partial charge in [0, 0.05) is 17.9 Å². The van der Waals surface area contributed by atoms with Gasteiger partial charge in [-0.15, -0.1) is 0 Å². The van der Waals surface area contributed by atoms with Crippen LogP contribution in [0.4, 0.5) is 18.9 Å². The van der Waals surface area contributed by atoms with E-state index >= 15 is 0 Å². The summed E-state index contributed by atoms with van der Waals surface area (Å²) >= 11 is 0. The lowest BCUT2D eigenvalue weighted by Gasteiger charge is -2.28. The van der Waals surface area contributed by atoms with Crippen molar-refractivity contribution in [1.82, 2.24) is 20.4 Å². The van der Waals surface area contributed by atoms with Crippen molar-refractivity contribution in [1.29, 1.82) is 0 Å². The number of carbonyl (C=O) groups is 3. The van der Waals surface area contributed by atoms with E-state index in [4.69, 9.17) is 0 Å². The third kappa shape index (κ3) is 6.02. The fourth-order valence-electron chi connectivity index (χ4n) is 5.93. The third-order valence-electron chi connectivity index (χ3n) is 8.33. The zero-order chi connectivity index (χ0) is 28.8. The molecular formula is C29H36F3N5O3. The normalized spacial score (nSPS) is 20.2. The molecule has 0 bridgehead atoms. The van der Waals surface area contributed by atoms with Crippen LogP contribution < -0.4 is 16.0 Å². The SMILES string of the molecule is CC(C)n1nccc1C(=O)N[C@H](C(=O)Nc1ccc2c(c1)CCC2C(=O)N[C@@H](C)C(F)(F)F)C(C1CC1)C1CC1. The van der Waals surface area contributed by atoms with Crippen molar-refractivity contribution in [2.24, 2.45) is 17.8 Å². The highest BCUT2D eigenvalue weighted by atomic mass is 19.4. The van der Waals surface area contributed by atoms with Crippen molar-refractivity contribution in [3.63, 3.8) is 0 Å². The van der Waals surface area contributed by atoms with Crippen LogP contribution in [0.2, 0.25) is 0 Å². The van der Waals surface area contributed by atoms with Crippen LogP contribution in [0.25, 0.3) is 0 Å². The first kappa shape index (κ1) is 28.2. The maximum absolute atomic E-state index is 13.7. The van der Waals surface area contributed by atoms with Crippen LogP contribution in [-0.2, 0) is 16.0 Å². The van der Waals surface area contributed by atoms with Gasteiger partial charge in [-0.05, 0) is 106 Å². The van der Waals surface area contributed by atoms with Crippen LogP contribution in [0, 0.1) is 17.8 Å². The Morgan fingerprint density at radius 2 is 1.65 bits per heavy atom. The van der Waals surface area contributed by atoms with Gasteiger partial charge in [-0.2, -0.15) is 18.3 Å². The lowest BCUT2D eigenvalue weighted by molar-refractivity contribution is -0.158. The van der Waals surface area contributed by atoms with Gasteiger partial charge < -0.3 is 16.0 Å². The molecule has 3 aliphatic carbocycles. The molecule has 1 aromatic carbocycles. The summed E-state index contributed by atoms with van der Waals surface area (Å²) in [6.07, 6.45) is 2.15. The molecule has 1 aromatic heterocycles. The topological polar surface area (TPSA) is 105 Å². The second-order valence-electron chi connectivity index (χ2n) is 11.7. The maximum atomic E-state index is 13.7. The molecule has 0 spiro atoms.